The van der Waals surface area contributed by atoms with Crippen LogP contribution in [-0.2, 0) is 11.2 Å². The molecule has 0 bridgehead atoms. The van der Waals surface area contributed by atoms with Gasteiger partial charge in [-0.3, -0.25) is 4.79 Å². The molecule has 1 amide bonds. The van der Waals surface area contributed by atoms with E-state index in [1.54, 1.807) is 0 Å². The molecule has 4 rings (SSSR count). The average Bonchev–Trinajstić information content (AvgIpc) is 2.72. The van der Waals surface area contributed by atoms with Crippen molar-refractivity contribution in [3.63, 3.8) is 0 Å². The summed E-state index contributed by atoms with van der Waals surface area (Å²) in [5.74, 6) is 0.366. The van der Waals surface area contributed by atoms with Gasteiger partial charge in [-0.05, 0) is 57.6 Å². The highest BCUT2D eigenvalue weighted by Gasteiger charge is 2.15. The van der Waals surface area contributed by atoms with Crippen LogP contribution in [0.2, 0.25) is 0 Å². The Bertz CT molecular complexity index is 1030. The Morgan fingerprint density at radius 1 is 1.04 bits per heavy atom. The maximum absolute atomic E-state index is 12.2. The smallest absolute Gasteiger partial charge is 0.277 e. The van der Waals surface area contributed by atoms with Crippen LogP contribution in [0.5, 0.6) is 5.75 Å². The van der Waals surface area contributed by atoms with E-state index in [-0.39, 0.29) is 12.5 Å². The highest BCUT2D eigenvalue weighted by molar-refractivity contribution is 9.10. The van der Waals surface area contributed by atoms with Crippen molar-refractivity contribution in [1.82, 2.24) is 5.43 Å². The third-order valence-corrected chi connectivity index (χ3v) is 5.51. The van der Waals surface area contributed by atoms with Crippen LogP contribution in [-0.4, -0.2) is 18.2 Å². The summed E-state index contributed by atoms with van der Waals surface area (Å²) in [4.78, 5) is 12.2. The van der Waals surface area contributed by atoms with Crippen LogP contribution >= 0.6 is 15.9 Å². The van der Waals surface area contributed by atoms with Gasteiger partial charge in [0.25, 0.3) is 5.91 Å². The minimum Gasteiger partial charge on any atom is -0.483 e. The molecule has 0 aliphatic heterocycles. The molecular weight excluding hydrogens is 404 g/mol. The van der Waals surface area contributed by atoms with E-state index in [1.165, 1.54) is 5.56 Å². The number of amides is 1. The van der Waals surface area contributed by atoms with Gasteiger partial charge in [-0.15, -0.1) is 0 Å². The Labute approximate surface area is 166 Å². The summed E-state index contributed by atoms with van der Waals surface area (Å²) in [6.07, 6.45) is 2.98. The number of hydrogen-bond acceptors (Lipinski definition) is 3. The molecule has 3 aromatic rings. The Morgan fingerprint density at radius 3 is 2.78 bits per heavy atom. The molecule has 1 aliphatic rings. The first kappa shape index (κ1) is 17.7. The van der Waals surface area contributed by atoms with Crippen LogP contribution in [0.25, 0.3) is 10.8 Å². The lowest BCUT2D eigenvalue weighted by Crippen LogP contribution is -2.27. The molecule has 0 atom stereocenters. The summed E-state index contributed by atoms with van der Waals surface area (Å²) >= 11 is 3.57. The average molecular weight is 423 g/mol. The zero-order chi connectivity index (χ0) is 18.6. The number of halogens is 1. The van der Waals surface area contributed by atoms with Crippen LogP contribution in [0, 0.1) is 0 Å². The first-order valence-corrected chi connectivity index (χ1v) is 9.75. The standard InChI is InChI=1S/C22H19BrN2O2/c23-22-18-10-4-2-7-16(18)12-13-20(22)27-14-21(26)25-24-19-11-5-8-15-6-1-3-9-17(15)19/h1-4,6-7,9-10,12-13H,5,8,11,14H2,(H,25,26). The van der Waals surface area contributed by atoms with E-state index in [4.69, 9.17) is 4.74 Å². The van der Waals surface area contributed by atoms with Gasteiger partial charge in [-0.1, -0.05) is 54.6 Å². The SMILES string of the molecule is O=C(COc1ccc2ccccc2c1Br)NN=C1CCCc2ccccc21. The predicted molar refractivity (Wildman–Crippen MR) is 111 cm³/mol. The van der Waals surface area contributed by atoms with Gasteiger partial charge in [0.1, 0.15) is 5.75 Å². The highest BCUT2D eigenvalue weighted by atomic mass is 79.9. The van der Waals surface area contributed by atoms with Crippen molar-refractivity contribution in [1.29, 1.82) is 0 Å². The number of hydrogen-bond donors (Lipinski definition) is 1. The minimum absolute atomic E-state index is 0.0879. The number of ether oxygens (including phenoxy) is 1. The van der Waals surface area contributed by atoms with Gasteiger partial charge in [0, 0.05) is 5.56 Å². The summed E-state index contributed by atoms with van der Waals surface area (Å²) in [5.41, 5.74) is 5.97. The zero-order valence-corrected chi connectivity index (χ0v) is 16.3. The summed E-state index contributed by atoms with van der Waals surface area (Å²) in [6, 6.07) is 20.1. The van der Waals surface area contributed by atoms with Crippen LogP contribution in [0.15, 0.2) is 70.2 Å². The third kappa shape index (κ3) is 3.88. The number of fused-ring (bicyclic) bond motifs is 2. The van der Waals surface area contributed by atoms with E-state index >= 15 is 0 Å². The van der Waals surface area contributed by atoms with Gasteiger partial charge < -0.3 is 4.74 Å². The van der Waals surface area contributed by atoms with Crippen molar-refractivity contribution in [2.45, 2.75) is 19.3 Å². The molecule has 0 aromatic heterocycles. The second kappa shape index (κ2) is 7.92. The van der Waals surface area contributed by atoms with Gasteiger partial charge in [0.15, 0.2) is 6.61 Å². The fourth-order valence-corrected chi connectivity index (χ4v) is 3.96. The van der Waals surface area contributed by atoms with Crippen LogP contribution in [0.4, 0.5) is 0 Å². The Hall–Kier alpha value is -2.66. The van der Waals surface area contributed by atoms with Crippen LogP contribution in [0.3, 0.4) is 0 Å². The van der Waals surface area contributed by atoms with Gasteiger partial charge in [-0.25, -0.2) is 5.43 Å². The van der Waals surface area contributed by atoms with E-state index in [2.05, 4.69) is 38.6 Å². The van der Waals surface area contributed by atoms with Crippen molar-refractivity contribution in [2.75, 3.05) is 6.61 Å². The number of aryl methyl sites for hydroxylation is 1. The molecule has 0 radical (unpaired) electrons. The fraction of sp³-hybridized carbons (Fsp3) is 0.182. The van der Waals surface area contributed by atoms with Gasteiger partial charge in [0.2, 0.25) is 0 Å². The first-order chi connectivity index (χ1) is 13.2. The lowest BCUT2D eigenvalue weighted by molar-refractivity contribution is -0.123. The normalized spacial score (nSPS) is 14.8. The highest BCUT2D eigenvalue weighted by Crippen LogP contribution is 2.32. The van der Waals surface area contributed by atoms with E-state index in [0.717, 1.165) is 45.8 Å². The zero-order valence-electron chi connectivity index (χ0n) is 14.7. The minimum atomic E-state index is -0.273. The topological polar surface area (TPSA) is 50.7 Å². The largest absolute Gasteiger partial charge is 0.483 e. The lowest BCUT2D eigenvalue weighted by atomic mass is 9.90. The van der Waals surface area contributed by atoms with E-state index in [9.17, 15) is 4.79 Å². The number of carbonyl (C=O) groups excluding carboxylic acids is 1. The number of rotatable bonds is 4. The van der Waals surface area contributed by atoms with E-state index in [0.29, 0.717) is 5.75 Å². The molecule has 5 heteroatoms. The number of hydrazone groups is 1. The molecule has 4 nitrogen and oxygen atoms in total. The number of nitrogens with one attached hydrogen (secondary N) is 1. The quantitative estimate of drug-likeness (QED) is 0.611. The molecule has 1 N–H and O–H groups in total. The fourth-order valence-electron chi connectivity index (χ4n) is 3.35. The van der Waals surface area contributed by atoms with E-state index in [1.807, 2.05) is 48.5 Å². The second-order valence-electron chi connectivity index (χ2n) is 6.49. The predicted octanol–water partition coefficient (Wildman–Crippen LogP) is 4.84. The Morgan fingerprint density at radius 2 is 1.85 bits per heavy atom. The maximum atomic E-state index is 12.2. The van der Waals surface area contributed by atoms with Crippen molar-refractivity contribution in [3.05, 3.63) is 76.3 Å². The molecule has 136 valence electrons. The molecule has 0 heterocycles. The van der Waals surface area contributed by atoms with Crippen molar-refractivity contribution in [3.8, 4) is 5.75 Å². The third-order valence-electron chi connectivity index (χ3n) is 4.69. The molecule has 0 unspecified atom stereocenters. The molecule has 0 spiro atoms. The number of nitrogens with zero attached hydrogens (tertiary/aromatic N) is 1. The summed E-state index contributed by atoms with van der Waals surface area (Å²) in [5, 5.41) is 6.50. The molecule has 0 saturated carbocycles. The van der Waals surface area contributed by atoms with Gasteiger partial charge in [0.05, 0.1) is 10.2 Å². The molecular formula is C22H19BrN2O2. The van der Waals surface area contributed by atoms with Gasteiger partial charge in [-0.2, -0.15) is 5.10 Å². The Balaban J connectivity index is 1.42. The lowest BCUT2D eigenvalue weighted by Gasteiger charge is -2.17. The summed E-state index contributed by atoms with van der Waals surface area (Å²) in [7, 11) is 0. The van der Waals surface area contributed by atoms with Crippen LogP contribution in [0.1, 0.15) is 24.0 Å². The number of carbonyl (C=O) groups is 1. The first-order valence-electron chi connectivity index (χ1n) is 8.96. The maximum Gasteiger partial charge on any atom is 0.277 e. The summed E-state index contributed by atoms with van der Waals surface area (Å²) in [6.45, 7) is -0.0879. The van der Waals surface area contributed by atoms with Crippen molar-refractivity contribution in [2.24, 2.45) is 5.10 Å². The van der Waals surface area contributed by atoms with Gasteiger partial charge >= 0.3 is 0 Å². The van der Waals surface area contributed by atoms with Crippen molar-refractivity contribution < 1.29 is 9.53 Å². The molecule has 0 fully saturated rings. The van der Waals surface area contributed by atoms with E-state index < -0.39 is 0 Å². The molecule has 0 saturated heterocycles. The Kier molecular flexibility index (Phi) is 5.21. The monoisotopic (exact) mass is 422 g/mol. The molecule has 1 aliphatic carbocycles. The molecule has 3 aromatic carbocycles. The second-order valence-corrected chi connectivity index (χ2v) is 7.28. The summed E-state index contributed by atoms with van der Waals surface area (Å²) < 4.78 is 6.54. The number of benzene rings is 3. The molecule has 27 heavy (non-hydrogen) atoms. The van der Waals surface area contributed by atoms with Crippen LogP contribution < -0.4 is 10.2 Å². The van der Waals surface area contributed by atoms with Crippen molar-refractivity contribution >= 4 is 38.3 Å².